The molecule has 82 valence electrons. The Bertz CT molecular complexity index is 426. The quantitative estimate of drug-likeness (QED) is 0.611. The number of hydrazine groups is 1. The van der Waals surface area contributed by atoms with Crippen molar-refractivity contribution in [2.45, 2.75) is 24.6 Å². The molecule has 2 rings (SSSR count). The molecule has 4 nitrogen and oxygen atoms in total. The van der Waals surface area contributed by atoms with Gasteiger partial charge in [-0.05, 0) is 18.4 Å². The molecule has 1 aliphatic carbocycles. The van der Waals surface area contributed by atoms with Gasteiger partial charge in [0.25, 0.3) is 0 Å². The molecule has 15 heavy (non-hydrogen) atoms. The molecule has 0 atom stereocenters. The molecule has 0 radical (unpaired) electrons. The number of hydrogen-bond donors (Lipinski definition) is 1. The van der Waals surface area contributed by atoms with Crippen molar-refractivity contribution in [3.63, 3.8) is 0 Å². The maximum Gasteiger partial charge on any atom is 0.229 e. The van der Waals surface area contributed by atoms with Crippen molar-refractivity contribution in [2.75, 3.05) is 0 Å². The molecule has 0 aliphatic heterocycles. The van der Waals surface area contributed by atoms with E-state index in [1.165, 1.54) is 0 Å². The van der Waals surface area contributed by atoms with E-state index in [-0.39, 0.29) is 11.8 Å². The van der Waals surface area contributed by atoms with E-state index in [2.05, 4.69) is 0 Å². The molecule has 0 bridgehead atoms. The van der Waals surface area contributed by atoms with Gasteiger partial charge in [-0.25, -0.2) is 8.42 Å². The van der Waals surface area contributed by atoms with Crippen LogP contribution in [0.2, 0.25) is 0 Å². The summed E-state index contributed by atoms with van der Waals surface area (Å²) in [6, 6.07) is 9.35. The topological polar surface area (TPSA) is 63.4 Å². The molecule has 0 aromatic heterocycles. The van der Waals surface area contributed by atoms with Crippen LogP contribution in [0.1, 0.15) is 18.4 Å². The molecular formula is C10H14N2O2S. The first-order valence-electron chi connectivity index (χ1n) is 4.91. The summed E-state index contributed by atoms with van der Waals surface area (Å²) in [5.41, 5.74) is 0.907. The van der Waals surface area contributed by atoms with Crippen molar-refractivity contribution in [3.8, 4) is 0 Å². The van der Waals surface area contributed by atoms with Crippen LogP contribution in [0, 0.1) is 0 Å². The number of nitrogens with zero attached hydrogens (tertiary/aromatic N) is 1. The van der Waals surface area contributed by atoms with E-state index in [9.17, 15) is 8.42 Å². The molecule has 0 saturated heterocycles. The highest BCUT2D eigenvalue weighted by molar-refractivity contribution is 7.89. The Balaban J connectivity index is 2.07. The standard InChI is InChI=1S/C10H14N2O2S/c11-12(15(13,14)10-6-7-10)8-9-4-2-1-3-5-9/h1-5,10H,6-8,11H2. The summed E-state index contributed by atoms with van der Waals surface area (Å²) in [6.45, 7) is 0.250. The van der Waals surface area contributed by atoms with Gasteiger partial charge in [-0.3, -0.25) is 5.84 Å². The Hall–Kier alpha value is -0.910. The molecule has 1 aromatic rings. The van der Waals surface area contributed by atoms with E-state index >= 15 is 0 Å². The summed E-state index contributed by atoms with van der Waals surface area (Å²) in [4.78, 5) is 0. The second-order valence-electron chi connectivity index (χ2n) is 3.78. The zero-order valence-electron chi connectivity index (χ0n) is 8.33. The zero-order chi connectivity index (χ0) is 10.9. The van der Waals surface area contributed by atoms with E-state index in [1.54, 1.807) is 0 Å². The van der Waals surface area contributed by atoms with Gasteiger partial charge in [-0.15, -0.1) is 4.41 Å². The van der Waals surface area contributed by atoms with Gasteiger partial charge < -0.3 is 0 Å². The van der Waals surface area contributed by atoms with Gasteiger partial charge in [-0.2, -0.15) is 0 Å². The lowest BCUT2D eigenvalue weighted by molar-refractivity contribution is 0.421. The third kappa shape index (κ3) is 2.37. The lowest BCUT2D eigenvalue weighted by Crippen LogP contribution is -2.38. The number of hydrogen-bond acceptors (Lipinski definition) is 3. The van der Waals surface area contributed by atoms with Crippen molar-refractivity contribution in [2.24, 2.45) is 5.84 Å². The first kappa shape index (κ1) is 10.6. The van der Waals surface area contributed by atoms with Crippen LogP contribution in [0.25, 0.3) is 0 Å². The van der Waals surface area contributed by atoms with Crippen molar-refractivity contribution in [1.29, 1.82) is 0 Å². The van der Waals surface area contributed by atoms with E-state index in [1.807, 2.05) is 30.3 Å². The Morgan fingerprint density at radius 2 is 1.87 bits per heavy atom. The molecule has 0 heterocycles. The predicted octanol–water partition coefficient (Wildman–Crippen LogP) is 0.854. The molecular weight excluding hydrogens is 212 g/mol. The molecule has 0 unspecified atom stereocenters. The molecule has 1 aliphatic rings. The van der Waals surface area contributed by atoms with Crippen LogP contribution in [0.15, 0.2) is 30.3 Å². The summed E-state index contributed by atoms with van der Waals surface area (Å²) in [6.07, 6.45) is 1.48. The average Bonchev–Trinajstić information content (AvgIpc) is 3.02. The van der Waals surface area contributed by atoms with Gasteiger partial charge in [0, 0.05) is 0 Å². The van der Waals surface area contributed by atoms with Gasteiger partial charge >= 0.3 is 0 Å². The number of benzene rings is 1. The predicted molar refractivity (Wildman–Crippen MR) is 58.1 cm³/mol. The molecule has 1 fully saturated rings. The van der Waals surface area contributed by atoms with Crippen LogP contribution in [-0.2, 0) is 16.6 Å². The molecule has 1 aromatic carbocycles. The first-order valence-corrected chi connectivity index (χ1v) is 6.41. The van der Waals surface area contributed by atoms with Crippen LogP contribution in [0.3, 0.4) is 0 Å². The van der Waals surface area contributed by atoms with Crippen LogP contribution >= 0.6 is 0 Å². The van der Waals surface area contributed by atoms with Crippen molar-refractivity contribution < 1.29 is 8.42 Å². The molecule has 5 heteroatoms. The first-order chi connectivity index (χ1) is 7.10. The summed E-state index contributed by atoms with van der Waals surface area (Å²) in [7, 11) is -3.25. The van der Waals surface area contributed by atoms with E-state index in [4.69, 9.17) is 5.84 Å². The van der Waals surface area contributed by atoms with Crippen molar-refractivity contribution in [3.05, 3.63) is 35.9 Å². The summed E-state index contributed by atoms with van der Waals surface area (Å²) in [5, 5.41) is -0.244. The normalized spacial score (nSPS) is 16.9. The molecule has 2 N–H and O–H groups in total. The van der Waals surface area contributed by atoms with Crippen LogP contribution in [-0.4, -0.2) is 18.1 Å². The minimum Gasteiger partial charge on any atom is -0.255 e. The Morgan fingerprint density at radius 1 is 1.27 bits per heavy atom. The largest absolute Gasteiger partial charge is 0.255 e. The van der Waals surface area contributed by atoms with Gasteiger partial charge in [-0.1, -0.05) is 30.3 Å². The van der Waals surface area contributed by atoms with Crippen molar-refractivity contribution in [1.82, 2.24) is 4.41 Å². The van der Waals surface area contributed by atoms with Gasteiger partial charge in [0.1, 0.15) is 0 Å². The van der Waals surface area contributed by atoms with Gasteiger partial charge in [0.15, 0.2) is 0 Å². The number of rotatable bonds is 4. The highest BCUT2D eigenvalue weighted by Gasteiger charge is 2.38. The Morgan fingerprint density at radius 3 is 2.40 bits per heavy atom. The maximum absolute atomic E-state index is 11.7. The van der Waals surface area contributed by atoms with Gasteiger partial charge in [0.2, 0.25) is 10.0 Å². The number of nitrogens with two attached hydrogens (primary N) is 1. The molecule has 1 saturated carbocycles. The van der Waals surface area contributed by atoms with Crippen LogP contribution in [0.5, 0.6) is 0 Å². The van der Waals surface area contributed by atoms with Crippen molar-refractivity contribution >= 4 is 10.0 Å². The van der Waals surface area contributed by atoms with Gasteiger partial charge in [0.05, 0.1) is 11.8 Å². The van der Waals surface area contributed by atoms with E-state index in [0.717, 1.165) is 22.8 Å². The Labute approximate surface area is 89.7 Å². The second kappa shape index (κ2) is 3.92. The zero-order valence-corrected chi connectivity index (χ0v) is 9.15. The average molecular weight is 226 g/mol. The SMILES string of the molecule is NN(Cc1ccccc1)S(=O)(=O)C1CC1. The third-order valence-corrected chi connectivity index (χ3v) is 4.55. The lowest BCUT2D eigenvalue weighted by atomic mass is 10.2. The third-order valence-electron chi connectivity index (χ3n) is 2.45. The fraction of sp³-hybridized carbons (Fsp3) is 0.400. The summed E-state index contributed by atoms with van der Waals surface area (Å²) >= 11 is 0. The molecule has 0 amide bonds. The summed E-state index contributed by atoms with van der Waals surface area (Å²) in [5.74, 6) is 5.57. The van der Waals surface area contributed by atoms with Crippen LogP contribution < -0.4 is 5.84 Å². The maximum atomic E-state index is 11.7. The van der Waals surface area contributed by atoms with Crippen LogP contribution in [0.4, 0.5) is 0 Å². The fourth-order valence-corrected chi connectivity index (χ4v) is 2.85. The lowest BCUT2D eigenvalue weighted by Gasteiger charge is -2.16. The highest BCUT2D eigenvalue weighted by Crippen LogP contribution is 2.30. The summed E-state index contributed by atoms with van der Waals surface area (Å²) < 4.78 is 24.4. The minimum atomic E-state index is -3.25. The number of sulfonamides is 1. The minimum absolute atomic E-state index is 0.244. The highest BCUT2D eigenvalue weighted by atomic mass is 32.2. The Kier molecular flexibility index (Phi) is 2.77. The molecule has 0 spiro atoms. The monoisotopic (exact) mass is 226 g/mol. The van der Waals surface area contributed by atoms with E-state index in [0.29, 0.717) is 0 Å². The van der Waals surface area contributed by atoms with E-state index < -0.39 is 10.0 Å². The fourth-order valence-electron chi connectivity index (χ4n) is 1.41. The second-order valence-corrected chi connectivity index (χ2v) is 5.94. The smallest absolute Gasteiger partial charge is 0.229 e.